The Labute approximate surface area is 94.1 Å². The van der Waals surface area contributed by atoms with E-state index in [1.54, 1.807) is 18.6 Å². The molecular weight excluding hydrogens is 202 g/mol. The van der Waals surface area contributed by atoms with E-state index in [1.807, 2.05) is 24.3 Å². The molecule has 0 atom stereocenters. The second kappa shape index (κ2) is 5.23. The summed E-state index contributed by atoms with van der Waals surface area (Å²) < 4.78 is 5.55. The molecule has 2 aromatic rings. The second-order valence-electron chi connectivity index (χ2n) is 3.33. The first-order valence-corrected chi connectivity index (χ1v) is 5.11. The van der Waals surface area contributed by atoms with Gasteiger partial charge in [0, 0.05) is 12.4 Å². The van der Waals surface area contributed by atoms with E-state index in [9.17, 15) is 0 Å². The molecule has 0 bridgehead atoms. The van der Waals surface area contributed by atoms with Gasteiger partial charge in [-0.15, -0.1) is 0 Å². The van der Waals surface area contributed by atoms with Gasteiger partial charge in [0.05, 0.1) is 6.20 Å². The lowest BCUT2D eigenvalue weighted by molar-refractivity contribution is 0.459. The van der Waals surface area contributed by atoms with Crippen LogP contribution in [-0.4, -0.2) is 16.5 Å². The summed E-state index contributed by atoms with van der Waals surface area (Å²) >= 11 is 0. The van der Waals surface area contributed by atoms with Crippen LogP contribution >= 0.6 is 0 Å². The molecule has 1 heterocycles. The van der Waals surface area contributed by atoms with Crippen molar-refractivity contribution in [3.63, 3.8) is 0 Å². The van der Waals surface area contributed by atoms with Gasteiger partial charge in [0.15, 0.2) is 0 Å². The quantitative estimate of drug-likeness (QED) is 0.844. The standard InChI is InChI=1S/C12H13N3O/c13-5-4-10-2-1-3-11(8-10)16-12-9-14-6-7-15-12/h1-3,6-9H,4-5,13H2. The minimum Gasteiger partial charge on any atom is -0.437 e. The van der Waals surface area contributed by atoms with Crippen LogP contribution in [0, 0.1) is 0 Å². The maximum atomic E-state index is 5.55. The predicted molar refractivity (Wildman–Crippen MR) is 61.3 cm³/mol. The van der Waals surface area contributed by atoms with Crippen molar-refractivity contribution in [2.24, 2.45) is 5.73 Å². The Morgan fingerprint density at radius 2 is 2.19 bits per heavy atom. The number of hydrogen-bond acceptors (Lipinski definition) is 4. The summed E-state index contributed by atoms with van der Waals surface area (Å²) in [4.78, 5) is 7.97. The molecule has 0 saturated carbocycles. The first kappa shape index (κ1) is 10.6. The molecule has 4 heteroatoms. The Morgan fingerprint density at radius 3 is 2.94 bits per heavy atom. The van der Waals surface area contributed by atoms with E-state index in [0.29, 0.717) is 12.4 Å². The van der Waals surface area contributed by atoms with Crippen LogP contribution in [0.3, 0.4) is 0 Å². The fraction of sp³-hybridized carbons (Fsp3) is 0.167. The van der Waals surface area contributed by atoms with Crippen LogP contribution in [0.25, 0.3) is 0 Å². The van der Waals surface area contributed by atoms with Gasteiger partial charge >= 0.3 is 0 Å². The van der Waals surface area contributed by atoms with E-state index in [0.717, 1.165) is 17.7 Å². The Bertz CT molecular complexity index is 445. The summed E-state index contributed by atoms with van der Waals surface area (Å²) in [5.74, 6) is 1.25. The fourth-order valence-electron chi connectivity index (χ4n) is 1.39. The van der Waals surface area contributed by atoms with Crippen molar-refractivity contribution < 1.29 is 4.74 Å². The number of hydrogen-bond donors (Lipinski definition) is 1. The monoisotopic (exact) mass is 215 g/mol. The first-order valence-electron chi connectivity index (χ1n) is 5.11. The second-order valence-corrected chi connectivity index (χ2v) is 3.33. The van der Waals surface area contributed by atoms with E-state index in [4.69, 9.17) is 10.5 Å². The van der Waals surface area contributed by atoms with Crippen LogP contribution < -0.4 is 10.5 Å². The zero-order chi connectivity index (χ0) is 11.2. The van der Waals surface area contributed by atoms with E-state index >= 15 is 0 Å². The smallest absolute Gasteiger partial charge is 0.237 e. The van der Waals surface area contributed by atoms with Crippen molar-refractivity contribution in [2.75, 3.05) is 6.54 Å². The van der Waals surface area contributed by atoms with E-state index < -0.39 is 0 Å². The molecule has 1 aromatic heterocycles. The largest absolute Gasteiger partial charge is 0.437 e. The highest BCUT2D eigenvalue weighted by Gasteiger charge is 1.99. The number of nitrogens with zero attached hydrogens (tertiary/aromatic N) is 2. The first-order chi connectivity index (χ1) is 7.88. The van der Waals surface area contributed by atoms with Crippen molar-refractivity contribution in [1.29, 1.82) is 0 Å². The third kappa shape index (κ3) is 2.77. The molecular formula is C12H13N3O. The lowest BCUT2D eigenvalue weighted by Gasteiger charge is -2.05. The Balaban J connectivity index is 2.12. The van der Waals surface area contributed by atoms with Gasteiger partial charge in [-0.25, -0.2) is 4.98 Å². The van der Waals surface area contributed by atoms with E-state index in [-0.39, 0.29) is 0 Å². The normalized spacial score (nSPS) is 10.1. The molecule has 2 N–H and O–H groups in total. The van der Waals surface area contributed by atoms with Gasteiger partial charge in [-0.05, 0) is 30.7 Å². The number of rotatable bonds is 4. The number of benzene rings is 1. The fourth-order valence-corrected chi connectivity index (χ4v) is 1.39. The van der Waals surface area contributed by atoms with Crippen LogP contribution in [-0.2, 0) is 6.42 Å². The van der Waals surface area contributed by atoms with Gasteiger partial charge in [-0.1, -0.05) is 12.1 Å². The highest BCUT2D eigenvalue weighted by Crippen LogP contribution is 2.19. The third-order valence-corrected chi connectivity index (χ3v) is 2.09. The molecule has 2 rings (SSSR count). The summed E-state index contributed by atoms with van der Waals surface area (Å²) in [5, 5.41) is 0. The zero-order valence-corrected chi connectivity index (χ0v) is 8.84. The van der Waals surface area contributed by atoms with Crippen LogP contribution in [0.2, 0.25) is 0 Å². The molecule has 0 unspecified atom stereocenters. The van der Waals surface area contributed by atoms with Crippen molar-refractivity contribution in [3.05, 3.63) is 48.4 Å². The number of nitrogens with two attached hydrogens (primary N) is 1. The van der Waals surface area contributed by atoms with Crippen LogP contribution in [0.15, 0.2) is 42.9 Å². The predicted octanol–water partition coefficient (Wildman–Crippen LogP) is 1.77. The molecule has 82 valence electrons. The summed E-state index contributed by atoms with van der Waals surface area (Å²) in [6.07, 6.45) is 5.63. The molecule has 0 spiro atoms. The molecule has 0 aliphatic heterocycles. The third-order valence-electron chi connectivity index (χ3n) is 2.09. The minimum atomic E-state index is 0.493. The molecule has 16 heavy (non-hydrogen) atoms. The lowest BCUT2D eigenvalue weighted by Crippen LogP contribution is -2.02. The molecule has 0 saturated heterocycles. The molecule has 0 fully saturated rings. The van der Waals surface area contributed by atoms with E-state index in [1.165, 1.54) is 0 Å². The van der Waals surface area contributed by atoms with Crippen molar-refractivity contribution >= 4 is 0 Å². The molecule has 0 amide bonds. The Morgan fingerprint density at radius 1 is 1.25 bits per heavy atom. The van der Waals surface area contributed by atoms with Crippen LogP contribution in [0.4, 0.5) is 0 Å². The highest BCUT2D eigenvalue weighted by atomic mass is 16.5. The SMILES string of the molecule is NCCc1cccc(Oc2cnccn2)c1. The van der Waals surface area contributed by atoms with Gasteiger partial charge in [0.1, 0.15) is 5.75 Å². The summed E-state index contributed by atoms with van der Waals surface area (Å²) in [6.45, 7) is 0.634. The van der Waals surface area contributed by atoms with Gasteiger partial charge in [0.2, 0.25) is 5.88 Å². The zero-order valence-electron chi connectivity index (χ0n) is 8.84. The molecule has 4 nitrogen and oxygen atoms in total. The topological polar surface area (TPSA) is 61.0 Å². The van der Waals surface area contributed by atoms with Crippen molar-refractivity contribution in [3.8, 4) is 11.6 Å². The maximum Gasteiger partial charge on any atom is 0.237 e. The van der Waals surface area contributed by atoms with E-state index in [2.05, 4.69) is 9.97 Å². The minimum absolute atomic E-state index is 0.493. The summed E-state index contributed by atoms with van der Waals surface area (Å²) in [5.41, 5.74) is 6.66. The molecule has 0 aliphatic rings. The van der Waals surface area contributed by atoms with Crippen LogP contribution in [0.1, 0.15) is 5.56 Å². The average Bonchev–Trinajstić information content (AvgIpc) is 2.31. The average molecular weight is 215 g/mol. The van der Waals surface area contributed by atoms with Gasteiger partial charge in [-0.2, -0.15) is 0 Å². The number of aromatic nitrogens is 2. The van der Waals surface area contributed by atoms with Crippen LogP contribution in [0.5, 0.6) is 11.6 Å². The Kier molecular flexibility index (Phi) is 3.46. The van der Waals surface area contributed by atoms with Gasteiger partial charge < -0.3 is 10.5 Å². The lowest BCUT2D eigenvalue weighted by atomic mass is 10.1. The van der Waals surface area contributed by atoms with Gasteiger partial charge in [0.25, 0.3) is 0 Å². The highest BCUT2D eigenvalue weighted by molar-refractivity contribution is 5.31. The maximum absolute atomic E-state index is 5.55. The summed E-state index contributed by atoms with van der Waals surface area (Å²) in [7, 11) is 0. The molecule has 0 radical (unpaired) electrons. The Hall–Kier alpha value is -1.94. The summed E-state index contributed by atoms with van der Waals surface area (Å²) in [6, 6.07) is 7.81. The van der Waals surface area contributed by atoms with Crippen molar-refractivity contribution in [2.45, 2.75) is 6.42 Å². The molecule has 0 aliphatic carbocycles. The number of ether oxygens (including phenoxy) is 1. The van der Waals surface area contributed by atoms with Crippen molar-refractivity contribution in [1.82, 2.24) is 9.97 Å². The van der Waals surface area contributed by atoms with Gasteiger partial charge in [-0.3, -0.25) is 4.98 Å². The molecule has 1 aromatic carbocycles.